The van der Waals surface area contributed by atoms with Crippen LogP contribution >= 0.6 is 0 Å². The van der Waals surface area contributed by atoms with Gasteiger partial charge in [-0.25, -0.2) is 0 Å². The molecule has 0 saturated carbocycles. The zero-order valence-electron chi connectivity index (χ0n) is 10.0. The van der Waals surface area contributed by atoms with E-state index >= 15 is 0 Å². The van der Waals surface area contributed by atoms with Crippen LogP contribution in [0.25, 0.3) is 10.9 Å². The lowest BCUT2D eigenvalue weighted by molar-refractivity contribution is -0.136. The molecule has 0 bridgehead atoms. The molecule has 2 N–H and O–H groups in total. The maximum absolute atomic E-state index is 12.2. The Morgan fingerprint density at radius 3 is 2.61 bits per heavy atom. The lowest BCUT2D eigenvalue weighted by Gasteiger charge is -2.12. The number of nitrogens with zero attached hydrogens (tertiary/aromatic N) is 1. The summed E-state index contributed by atoms with van der Waals surface area (Å²) in [6.45, 7) is 0. The second-order valence-electron chi connectivity index (χ2n) is 4.47. The Hall–Kier alpha value is -1.49. The Bertz CT molecular complexity index is 543. The molecule has 1 aromatic carbocycles. The van der Waals surface area contributed by atoms with Crippen LogP contribution in [0.5, 0.6) is 0 Å². The summed E-state index contributed by atoms with van der Waals surface area (Å²) in [6.07, 6.45) is -3.27. The fourth-order valence-corrected chi connectivity index (χ4v) is 2.14. The van der Waals surface area contributed by atoms with E-state index in [2.05, 4.69) is 0 Å². The second-order valence-corrected chi connectivity index (χ2v) is 4.47. The van der Waals surface area contributed by atoms with E-state index in [1.54, 1.807) is 0 Å². The first-order valence-corrected chi connectivity index (χ1v) is 5.75. The van der Waals surface area contributed by atoms with E-state index in [9.17, 15) is 13.2 Å². The van der Waals surface area contributed by atoms with Crippen LogP contribution < -0.4 is 5.73 Å². The molecule has 98 valence electrons. The molecule has 0 fully saturated rings. The monoisotopic (exact) mass is 256 g/mol. The maximum Gasteiger partial charge on any atom is 0.389 e. The van der Waals surface area contributed by atoms with Crippen LogP contribution in [0.15, 0.2) is 30.5 Å². The summed E-state index contributed by atoms with van der Waals surface area (Å²) >= 11 is 0. The minimum Gasteiger partial charge on any atom is -0.350 e. The molecule has 0 radical (unpaired) electrons. The number of alkyl halides is 3. The van der Waals surface area contributed by atoms with Crippen LogP contribution in [0.2, 0.25) is 0 Å². The highest BCUT2D eigenvalue weighted by molar-refractivity contribution is 5.84. The molecule has 2 rings (SSSR count). The van der Waals surface area contributed by atoms with Crippen LogP contribution in [0, 0.1) is 0 Å². The summed E-state index contributed by atoms with van der Waals surface area (Å²) in [5, 5.41) is 0.926. The van der Waals surface area contributed by atoms with Crippen molar-refractivity contribution in [2.24, 2.45) is 12.8 Å². The summed E-state index contributed by atoms with van der Waals surface area (Å²) in [4.78, 5) is 0. The lowest BCUT2D eigenvalue weighted by atomic mass is 10.0. The summed E-state index contributed by atoms with van der Waals surface area (Å²) in [5.41, 5.74) is 7.63. The third kappa shape index (κ3) is 2.67. The van der Waals surface area contributed by atoms with Crippen molar-refractivity contribution in [3.63, 3.8) is 0 Å². The minimum atomic E-state index is -4.15. The molecular weight excluding hydrogens is 241 g/mol. The molecule has 1 atom stereocenters. The fourth-order valence-electron chi connectivity index (χ4n) is 2.14. The van der Waals surface area contributed by atoms with E-state index in [1.165, 1.54) is 0 Å². The lowest BCUT2D eigenvalue weighted by Crippen LogP contribution is -2.15. The zero-order valence-corrected chi connectivity index (χ0v) is 10.0. The summed E-state index contributed by atoms with van der Waals surface area (Å²) in [6, 6.07) is 6.99. The molecule has 18 heavy (non-hydrogen) atoms. The molecule has 0 saturated heterocycles. The number of aromatic nitrogens is 1. The van der Waals surface area contributed by atoms with Gasteiger partial charge in [-0.05, 0) is 18.1 Å². The van der Waals surface area contributed by atoms with Gasteiger partial charge in [-0.1, -0.05) is 18.2 Å². The van der Waals surface area contributed by atoms with Crippen LogP contribution in [0.3, 0.4) is 0 Å². The van der Waals surface area contributed by atoms with Crippen molar-refractivity contribution in [2.75, 3.05) is 0 Å². The second kappa shape index (κ2) is 4.65. The van der Waals surface area contributed by atoms with Gasteiger partial charge in [-0.15, -0.1) is 0 Å². The quantitative estimate of drug-likeness (QED) is 0.895. The van der Waals surface area contributed by atoms with Crippen LogP contribution in [-0.4, -0.2) is 10.7 Å². The number of hydrogen-bond acceptors (Lipinski definition) is 1. The first kappa shape index (κ1) is 13.0. The van der Waals surface area contributed by atoms with Gasteiger partial charge in [0.25, 0.3) is 0 Å². The number of aryl methyl sites for hydroxylation is 1. The average Bonchev–Trinajstić information content (AvgIpc) is 2.64. The van der Waals surface area contributed by atoms with Crippen molar-refractivity contribution in [1.82, 2.24) is 4.57 Å². The zero-order chi connectivity index (χ0) is 13.3. The predicted molar refractivity (Wildman–Crippen MR) is 65.1 cm³/mol. The number of hydrogen-bond donors (Lipinski definition) is 1. The van der Waals surface area contributed by atoms with E-state index in [-0.39, 0.29) is 6.42 Å². The van der Waals surface area contributed by atoms with Crippen molar-refractivity contribution in [3.8, 4) is 0 Å². The van der Waals surface area contributed by atoms with Gasteiger partial charge in [0.15, 0.2) is 0 Å². The highest BCUT2D eigenvalue weighted by atomic mass is 19.4. The molecule has 0 aliphatic rings. The number of fused-ring (bicyclic) bond motifs is 1. The minimum absolute atomic E-state index is 0.0858. The molecule has 5 heteroatoms. The van der Waals surface area contributed by atoms with Gasteiger partial charge in [-0.3, -0.25) is 0 Å². The average molecular weight is 256 g/mol. The predicted octanol–water partition coefficient (Wildman–Crippen LogP) is 3.52. The van der Waals surface area contributed by atoms with Gasteiger partial charge in [-0.2, -0.15) is 13.2 Å². The number of para-hydroxylation sites is 1. The van der Waals surface area contributed by atoms with Crippen LogP contribution in [-0.2, 0) is 7.05 Å². The van der Waals surface area contributed by atoms with E-state index in [0.717, 1.165) is 16.5 Å². The topological polar surface area (TPSA) is 30.9 Å². The molecule has 1 heterocycles. The van der Waals surface area contributed by atoms with E-state index < -0.39 is 18.6 Å². The Morgan fingerprint density at radius 1 is 1.28 bits per heavy atom. The van der Waals surface area contributed by atoms with Gasteiger partial charge in [0.1, 0.15) is 0 Å². The van der Waals surface area contributed by atoms with Crippen molar-refractivity contribution in [3.05, 3.63) is 36.0 Å². The Morgan fingerprint density at radius 2 is 1.94 bits per heavy atom. The largest absolute Gasteiger partial charge is 0.389 e. The molecule has 0 spiro atoms. The molecule has 1 aromatic heterocycles. The summed E-state index contributed by atoms with van der Waals surface area (Å²) in [7, 11) is 1.86. The number of halogens is 3. The molecule has 2 nitrogen and oxygen atoms in total. The summed E-state index contributed by atoms with van der Waals surface area (Å²) < 4.78 is 38.5. The van der Waals surface area contributed by atoms with E-state index in [0.29, 0.717) is 0 Å². The SMILES string of the molecule is Cn1cc([C@@H](N)CCC(F)(F)F)c2ccccc21. The Balaban J connectivity index is 2.25. The third-order valence-corrected chi connectivity index (χ3v) is 3.07. The molecule has 0 aliphatic carbocycles. The van der Waals surface area contributed by atoms with E-state index in [1.807, 2.05) is 42.1 Å². The standard InChI is InChI=1S/C13H15F3N2/c1-18-8-10(9-4-2-3-5-12(9)18)11(17)6-7-13(14,15)16/h2-5,8,11H,6-7,17H2,1H3/t11-/m0/s1. The Kier molecular flexibility index (Phi) is 3.34. The molecular formula is C13H15F3N2. The first-order chi connectivity index (χ1) is 8.38. The normalized spacial score (nSPS) is 14.1. The van der Waals surface area contributed by atoms with Gasteiger partial charge in [0, 0.05) is 36.6 Å². The molecule has 0 aliphatic heterocycles. The Labute approximate surface area is 103 Å². The van der Waals surface area contributed by atoms with Crippen molar-refractivity contribution in [1.29, 1.82) is 0 Å². The fraction of sp³-hybridized carbons (Fsp3) is 0.385. The summed E-state index contributed by atoms with van der Waals surface area (Å²) in [5.74, 6) is 0. The van der Waals surface area contributed by atoms with Crippen molar-refractivity contribution < 1.29 is 13.2 Å². The van der Waals surface area contributed by atoms with E-state index in [4.69, 9.17) is 5.73 Å². The molecule has 0 unspecified atom stereocenters. The number of benzene rings is 1. The first-order valence-electron chi connectivity index (χ1n) is 5.75. The van der Waals surface area contributed by atoms with Crippen LogP contribution in [0.1, 0.15) is 24.4 Å². The van der Waals surface area contributed by atoms with Gasteiger partial charge in [0.05, 0.1) is 0 Å². The van der Waals surface area contributed by atoms with Crippen molar-refractivity contribution in [2.45, 2.75) is 25.1 Å². The third-order valence-electron chi connectivity index (χ3n) is 3.07. The van der Waals surface area contributed by atoms with Gasteiger partial charge < -0.3 is 10.3 Å². The molecule has 0 amide bonds. The van der Waals surface area contributed by atoms with Crippen LogP contribution in [0.4, 0.5) is 13.2 Å². The van der Waals surface area contributed by atoms with Gasteiger partial charge in [0.2, 0.25) is 0 Å². The van der Waals surface area contributed by atoms with Gasteiger partial charge >= 0.3 is 6.18 Å². The number of rotatable bonds is 3. The molecule has 2 aromatic rings. The maximum atomic E-state index is 12.2. The number of nitrogens with two attached hydrogens (primary N) is 1. The highest BCUT2D eigenvalue weighted by Gasteiger charge is 2.28. The smallest absolute Gasteiger partial charge is 0.350 e. The highest BCUT2D eigenvalue weighted by Crippen LogP contribution is 2.30. The van der Waals surface area contributed by atoms with Crippen molar-refractivity contribution >= 4 is 10.9 Å².